The van der Waals surface area contributed by atoms with E-state index in [2.05, 4.69) is 32.1 Å². The third kappa shape index (κ3) is 4.61. The standard InChI is InChI=1S/C22H29N5O3/c1-4-28-13-12-27-11-10-26(14-16(27)2)15-19-23-24-22(29-19)20-17(3)30-25-21(20)18-8-6-5-7-9-18/h5-9,16H,4,10-15H2,1-3H3. The van der Waals surface area contributed by atoms with Crippen LogP contribution in [0, 0.1) is 6.92 Å². The third-order valence-corrected chi connectivity index (χ3v) is 5.53. The molecular formula is C22H29N5O3. The first kappa shape index (κ1) is 20.7. The largest absolute Gasteiger partial charge is 0.419 e. The molecule has 0 spiro atoms. The predicted octanol–water partition coefficient (Wildman–Crippen LogP) is 3.24. The minimum atomic E-state index is 0.450. The zero-order chi connectivity index (χ0) is 20.9. The van der Waals surface area contributed by atoms with Gasteiger partial charge in [-0.05, 0) is 20.8 Å². The molecule has 1 unspecified atom stereocenters. The highest BCUT2D eigenvalue weighted by atomic mass is 16.5. The number of nitrogens with zero attached hydrogens (tertiary/aromatic N) is 5. The van der Waals surface area contributed by atoms with Crippen LogP contribution in [0.2, 0.25) is 0 Å². The maximum absolute atomic E-state index is 6.02. The molecule has 4 rings (SSSR count). The Morgan fingerprint density at radius 2 is 2.00 bits per heavy atom. The average Bonchev–Trinajstić information content (AvgIpc) is 3.36. The van der Waals surface area contributed by atoms with Crippen molar-refractivity contribution in [3.63, 3.8) is 0 Å². The Labute approximate surface area is 176 Å². The lowest BCUT2D eigenvalue weighted by Crippen LogP contribution is -2.52. The highest BCUT2D eigenvalue weighted by Gasteiger charge is 2.26. The lowest BCUT2D eigenvalue weighted by molar-refractivity contribution is 0.0437. The van der Waals surface area contributed by atoms with E-state index in [1.807, 2.05) is 44.2 Å². The van der Waals surface area contributed by atoms with Crippen molar-refractivity contribution in [2.24, 2.45) is 0 Å². The summed E-state index contributed by atoms with van der Waals surface area (Å²) in [6, 6.07) is 10.4. The molecule has 2 aromatic heterocycles. The summed E-state index contributed by atoms with van der Waals surface area (Å²) in [5.41, 5.74) is 2.44. The molecule has 0 amide bonds. The van der Waals surface area contributed by atoms with Crippen molar-refractivity contribution < 1.29 is 13.7 Å². The van der Waals surface area contributed by atoms with E-state index < -0.39 is 0 Å². The van der Waals surface area contributed by atoms with E-state index in [9.17, 15) is 0 Å². The molecule has 1 aromatic carbocycles. The maximum atomic E-state index is 6.02. The van der Waals surface area contributed by atoms with Gasteiger partial charge in [-0.2, -0.15) is 0 Å². The number of benzene rings is 1. The summed E-state index contributed by atoms with van der Waals surface area (Å²) in [6.45, 7) is 12.3. The Hall–Kier alpha value is -2.55. The van der Waals surface area contributed by atoms with Gasteiger partial charge in [-0.1, -0.05) is 35.5 Å². The Kier molecular flexibility index (Phi) is 6.56. The van der Waals surface area contributed by atoms with Crippen LogP contribution in [-0.4, -0.2) is 70.6 Å². The first-order chi connectivity index (χ1) is 14.7. The van der Waals surface area contributed by atoms with Crippen LogP contribution < -0.4 is 0 Å². The van der Waals surface area contributed by atoms with Crippen molar-refractivity contribution in [2.45, 2.75) is 33.4 Å². The smallest absolute Gasteiger partial charge is 0.253 e. The second-order valence-corrected chi connectivity index (χ2v) is 7.65. The Morgan fingerprint density at radius 3 is 2.77 bits per heavy atom. The van der Waals surface area contributed by atoms with Gasteiger partial charge in [0.05, 0.1) is 13.2 Å². The molecule has 3 aromatic rings. The van der Waals surface area contributed by atoms with Gasteiger partial charge in [-0.3, -0.25) is 9.80 Å². The minimum absolute atomic E-state index is 0.450. The van der Waals surface area contributed by atoms with Crippen LogP contribution in [0.1, 0.15) is 25.5 Å². The molecule has 1 atom stereocenters. The molecule has 8 heteroatoms. The Morgan fingerprint density at radius 1 is 1.17 bits per heavy atom. The van der Waals surface area contributed by atoms with E-state index in [1.165, 1.54) is 0 Å². The molecule has 3 heterocycles. The van der Waals surface area contributed by atoms with Crippen molar-refractivity contribution >= 4 is 0 Å². The molecule has 1 fully saturated rings. The molecule has 0 aliphatic carbocycles. The molecule has 0 saturated carbocycles. The number of aromatic nitrogens is 3. The number of piperazine rings is 1. The molecule has 1 saturated heterocycles. The number of hydrogen-bond donors (Lipinski definition) is 0. The fourth-order valence-corrected chi connectivity index (χ4v) is 3.90. The summed E-state index contributed by atoms with van der Waals surface area (Å²) >= 11 is 0. The second kappa shape index (κ2) is 9.51. The molecule has 160 valence electrons. The summed E-state index contributed by atoms with van der Waals surface area (Å²) in [7, 11) is 0. The predicted molar refractivity (Wildman–Crippen MR) is 113 cm³/mol. The number of aryl methyl sites for hydroxylation is 1. The lowest BCUT2D eigenvalue weighted by atomic mass is 10.1. The summed E-state index contributed by atoms with van der Waals surface area (Å²) < 4.78 is 16.9. The molecule has 1 aliphatic rings. The summed E-state index contributed by atoms with van der Waals surface area (Å²) in [4.78, 5) is 4.83. The molecule has 30 heavy (non-hydrogen) atoms. The zero-order valence-electron chi connectivity index (χ0n) is 17.9. The molecule has 0 radical (unpaired) electrons. The summed E-state index contributed by atoms with van der Waals surface area (Å²) in [6.07, 6.45) is 0. The van der Waals surface area contributed by atoms with Gasteiger partial charge < -0.3 is 13.7 Å². The molecule has 1 aliphatic heterocycles. The Bertz CT molecular complexity index is 939. The molecule has 8 nitrogen and oxygen atoms in total. The molecule has 0 bridgehead atoms. The van der Waals surface area contributed by atoms with E-state index in [4.69, 9.17) is 13.7 Å². The van der Waals surface area contributed by atoms with E-state index >= 15 is 0 Å². The van der Waals surface area contributed by atoms with E-state index in [0.717, 1.165) is 56.2 Å². The van der Waals surface area contributed by atoms with Gasteiger partial charge in [0.1, 0.15) is 17.0 Å². The number of hydrogen-bond acceptors (Lipinski definition) is 8. The van der Waals surface area contributed by atoms with Crippen LogP contribution in [-0.2, 0) is 11.3 Å². The third-order valence-electron chi connectivity index (χ3n) is 5.53. The second-order valence-electron chi connectivity index (χ2n) is 7.65. The van der Waals surface area contributed by atoms with Crippen molar-refractivity contribution in [1.29, 1.82) is 0 Å². The normalized spacial score (nSPS) is 18.2. The monoisotopic (exact) mass is 411 g/mol. The van der Waals surface area contributed by atoms with Crippen LogP contribution >= 0.6 is 0 Å². The SMILES string of the molecule is CCOCCN1CCN(Cc2nnc(-c3c(-c4ccccc4)noc3C)o2)CC1C. The first-order valence-corrected chi connectivity index (χ1v) is 10.5. The van der Waals surface area contributed by atoms with Gasteiger partial charge in [0.25, 0.3) is 5.89 Å². The molecular weight excluding hydrogens is 382 g/mol. The van der Waals surface area contributed by atoms with Gasteiger partial charge in [0.15, 0.2) is 0 Å². The van der Waals surface area contributed by atoms with Crippen molar-refractivity contribution in [2.75, 3.05) is 39.4 Å². The maximum Gasteiger partial charge on any atom is 0.253 e. The lowest BCUT2D eigenvalue weighted by Gasteiger charge is -2.39. The van der Waals surface area contributed by atoms with Gasteiger partial charge >= 0.3 is 0 Å². The highest BCUT2D eigenvalue weighted by molar-refractivity contribution is 5.77. The number of ether oxygens (including phenoxy) is 1. The quantitative estimate of drug-likeness (QED) is 0.523. The first-order valence-electron chi connectivity index (χ1n) is 10.5. The highest BCUT2D eigenvalue weighted by Crippen LogP contribution is 2.33. The summed E-state index contributed by atoms with van der Waals surface area (Å²) in [5, 5.41) is 12.8. The average molecular weight is 412 g/mol. The van der Waals surface area contributed by atoms with Gasteiger partial charge in [-0.25, -0.2) is 0 Å². The van der Waals surface area contributed by atoms with Crippen molar-refractivity contribution in [1.82, 2.24) is 25.2 Å². The number of rotatable bonds is 8. The van der Waals surface area contributed by atoms with E-state index in [1.54, 1.807) is 0 Å². The van der Waals surface area contributed by atoms with Gasteiger partial charge in [0, 0.05) is 44.4 Å². The van der Waals surface area contributed by atoms with Crippen LogP contribution in [0.5, 0.6) is 0 Å². The topological polar surface area (TPSA) is 80.7 Å². The Balaban J connectivity index is 1.42. The van der Waals surface area contributed by atoms with Crippen molar-refractivity contribution in [3.8, 4) is 22.7 Å². The van der Waals surface area contributed by atoms with E-state index in [-0.39, 0.29) is 0 Å². The van der Waals surface area contributed by atoms with Crippen LogP contribution in [0.3, 0.4) is 0 Å². The van der Waals surface area contributed by atoms with Gasteiger partial charge in [-0.15, -0.1) is 10.2 Å². The van der Waals surface area contributed by atoms with Crippen LogP contribution in [0.25, 0.3) is 22.7 Å². The zero-order valence-corrected chi connectivity index (χ0v) is 17.9. The fourth-order valence-electron chi connectivity index (χ4n) is 3.90. The van der Waals surface area contributed by atoms with Crippen LogP contribution in [0.4, 0.5) is 0 Å². The summed E-state index contributed by atoms with van der Waals surface area (Å²) in [5.74, 6) is 1.73. The van der Waals surface area contributed by atoms with Crippen LogP contribution in [0.15, 0.2) is 39.3 Å². The fraction of sp³-hybridized carbons (Fsp3) is 0.500. The van der Waals surface area contributed by atoms with Crippen molar-refractivity contribution in [3.05, 3.63) is 42.0 Å². The molecule has 0 N–H and O–H groups in total. The van der Waals surface area contributed by atoms with E-state index in [0.29, 0.717) is 30.1 Å². The van der Waals surface area contributed by atoms with Gasteiger partial charge in [0.2, 0.25) is 5.89 Å². The minimum Gasteiger partial charge on any atom is -0.419 e.